The van der Waals surface area contributed by atoms with Crippen molar-refractivity contribution in [2.75, 3.05) is 45.1 Å². The van der Waals surface area contributed by atoms with E-state index in [0.717, 1.165) is 31.8 Å². The first-order valence-corrected chi connectivity index (χ1v) is 13.6. The number of amides is 2. The number of fused-ring (bicyclic) bond motifs is 1. The van der Waals surface area contributed by atoms with E-state index in [1.54, 1.807) is 24.5 Å². The molecule has 8 N–H and O–H groups in total. The van der Waals surface area contributed by atoms with Crippen molar-refractivity contribution in [3.05, 3.63) is 60.6 Å². The molecule has 3 aromatic rings. The van der Waals surface area contributed by atoms with Gasteiger partial charge in [-0.25, -0.2) is 0 Å². The van der Waals surface area contributed by atoms with Gasteiger partial charge in [-0.3, -0.25) is 19.6 Å². The summed E-state index contributed by atoms with van der Waals surface area (Å²) in [5, 5.41) is 6.16. The van der Waals surface area contributed by atoms with Crippen molar-refractivity contribution in [1.29, 1.82) is 0 Å². The van der Waals surface area contributed by atoms with E-state index in [9.17, 15) is 22.8 Å². The molecule has 2 atom stereocenters. The Morgan fingerprint density at radius 3 is 2.36 bits per heavy atom. The maximum absolute atomic E-state index is 13.3. The van der Waals surface area contributed by atoms with E-state index >= 15 is 0 Å². The number of quaternary nitrogens is 1. The molecule has 2 amide bonds. The first-order valence-electron chi connectivity index (χ1n) is 13.6. The van der Waals surface area contributed by atoms with Crippen molar-refractivity contribution in [3.8, 4) is 5.75 Å². The highest BCUT2D eigenvalue weighted by Gasteiger charge is 2.31. The molecule has 0 fully saturated rings. The largest absolute Gasteiger partial charge is 0.573 e. The number of aromatic nitrogens is 2. The molecule has 3 rings (SSSR count). The summed E-state index contributed by atoms with van der Waals surface area (Å²) < 4.78 is 42.2. The van der Waals surface area contributed by atoms with Gasteiger partial charge in [-0.2, -0.15) is 0 Å². The van der Waals surface area contributed by atoms with Crippen molar-refractivity contribution >= 4 is 28.4 Å². The third-order valence-electron chi connectivity index (χ3n) is 6.87. The number of pyridine rings is 2. The molecule has 2 aromatic heterocycles. The summed E-state index contributed by atoms with van der Waals surface area (Å²) in [6, 6.07) is 6.52. The van der Waals surface area contributed by atoms with E-state index in [1.807, 2.05) is 0 Å². The first kappa shape index (κ1) is 32.7. The molecule has 14 heteroatoms. The van der Waals surface area contributed by atoms with Gasteiger partial charge in [0, 0.05) is 37.3 Å². The predicted octanol–water partition coefficient (Wildman–Crippen LogP) is 1.67. The second-order valence-electron chi connectivity index (χ2n) is 10.4. The number of ether oxygens (including phenoxy) is 1. The number of nitrogens with one attached hydrogen (secondary N) is 2. The van der Waals surface area contributed by atoms with Gasteiger partial charge < -0.3 is 37.1 Å². The zero-order valence-corrected chi connectivity index (χ0v) is 23.4. The molecule has 11 nitrogen and oxygen atoms in total. The number of rotatable bonds is 15. The Balaban J connectivity index is 1.71. The van der Waals surface area contributed by atoms with Crippen LogP contribution in [0.4, 0.5) is 18.9 Å². The smallest absolute Gasteiger partial charge is 0.406 e. The lowest BCUT2D eigenvalue weighted by atomic mass is 10.0. The lowest BCUT2D eigenvalue weighted by Crippen LogP contribution is -2.52. The van der Waals surface area contributed by atoms with Crippen molar-refractivity contribution in [3.63, 3.8) is 0 Å². The van der Waals surface area contributed by atoms with Gasteiger partial charge >= 0.3 is 6.36 Å². The van der Waals surface area contributed by atoms with Crippen molar-refractivity contribution in [2.24, 2.45) is 17.2 Å². The summed E-state index contributed by atoms with van der Waals surface area (Å²) in [4.78, 5) is 34.8. The molecular weight excluding hydrogens is 553 g/mol. The van der Waals surface area contributed by atoms with E-state index in [4.69, 9.17) is 17.2 Å². The fourth-order valence-electron chi connectivity index (χ4n) is 4.60. The molecule has 0 unspecified atom stereocenters. The Kier molecular flexibility index (Phi) is 11.6. The van der Waals surface area contributed by atoms with Crippen LogP contribution in [0, 0.1) is 0 Å². The molecule has 228 valence electrons. The maximum atomic E-state index is 13.3. The predicted molar refractivity (Wildman–Crippen MR) is 153 cm³/mol. The third kappa shape index (κ3) is 10.2. The number of benzene rings is 1. The van der Waals surface area contributed by atoms with E-state index < -0.39 is 36.0 Å². The van der Waals surface area contributed by atoms with Crippen LogP contribution in [0.2, 0.25) is 0 Å². The molecule has 0 radical (unpaired) electrons. The van der Waals surface area contributed by atoms with Gasteiger partial charge in [-0.05, 0) is 42.7 Å². The Hall–Kier alpha value is -3.85. The fourth-order valence-corrected chi connectivity index (χ4v) is 4.60. The van der Waals surface area contributed by atoms with Gasteiger partial charge in [0.1, 0.15) is 11.8 Å². The summed E-state index contributed by atoms with van der Waals surface area (Å²) >= 11 is 0. The highest BCUT2D eigenvalue weighted by atomic mass is 19.4. The topological polar surface area (TPSA) is 171 Å². The Bertz CT molecular complexity index is 1320. The second-order valence-corrected chi connectivity index (χ2v) is 10.4. The van der Waals surface area contributed by atoms with Gasteiger partial charge in [-0.15, -0.1) is 13.2 Å². The van der Waals surface area contributed by atoms with Crippen LogP contribution in [-0.2, 0) is 16.0 Å². The molecule has 42 heavy (non-hydrogen) atoms. The average molecular weight is 592 g/mol. The molecule has 0 saturated heterocycles. The van der Waals surface area contributed by atoms with Crippen LogP contribution in [0.1, 0.15) is 18.4 Å². The summed E-state index contributed by atoms with van der Waals surface area (Å²) in [6.07, 6.45) is 0.845. The molecule has 0 aliphatic carbocycles. The molecule has 0 aliphatic rings. The molecule has 0 saturated carbocycles. The highest BCUT2D eigenvalue weighted by Crippen LogP contribution is 2.23. The van der Waals surface area contributed by atoms with Crippen molar-refractivity contribution in [2.45, 2.75) is 37.7 Å². The van der Waals surface area contributed by atoms with Crippen molar-refractivity contribution < 1.29 is 32.0 Å². The van der Waals surface area contributed by atoms with Crippen LogP contribution in [0.3, 0.4) is 0 Å². The standard InChI is InChI=1S/C28H37F3N8O3/c1-39(13-9-32,14-10-33)12-2-3-23(34)26(40)38-25(15-19-4-6-22(7-5-19)42-28(29,30)31)27(41)37-21-16-20-17-35-11-8-24(20)36-18-21/h4-8,11,16-18,23,25H,2-3,9-10,12-15,32-34H2,1H3,(H-,37,38,40,41)/p+1/t23-,25-/m0/s1. The minimum atomic E-state index is -4.83. The van der Waals surface area contributed by atoms with E-state index in [2.05, 4.69) is 32.4 Å². The molecule has 1 aromatic carbocycles. The summed E-state index contributed by atoms with van der Waals surface area (Å²) in [7, 11) is 2.05. The SMILES string of the molecule is C[N+](CCN)(CCN)CCC[C@H](N)C(=O)N[C@@H](Cc1ccc(OC(F)(F)F)cc1)C(=O)Nc1cnc2ccncc2c1. The fraction of sp³-hybridized carbons (Fsp3) is 0.429. The van der Waals surface area contributed by atoms with Gasteiger partial charge in [0.2, 0.25) is 11.8 Å². The number of nitrogens with zero attached hydrogens (tertiary/aromatic N) is 3. The number of nitrogens with two attached hydrogens (primary N) is 3. The van der Waals surface area contributed by atoms with Crippen LogP contribution in [0.15, 0.2) is 55.0 Å². The Labute approximate surface area is 242 Å². The third-order valence-corrected chi connectivity index (χ3v) is 6.87. The number of anilines is 1. The zero-order chi connectivity index (χ0) is 30.8. The van der Waals surface area contributed by atoms with Crippen molar-refractivity contribution in [1.82, 2.24) is 15.3 Å². The van der Waals surface area contributed by atoms with E-state index in [0.29, 0.717) is 52.6 Å². The van der Waals surface area contributed by atoms with Crippen LogP contribution < -0.4 is 32.6 Å². The van der Waals surface area contributed by atoms with Gasteiger partial charge in [0.25, 0.3) is 0 Å². The monoisotopic (exact) mass is 591 g/mol. The number of carbonyl (C=O) groups is 2. The van der Waals surface area contributed by atoms with Crippen LogP contribution in [0.5, 0.6) is 5.75 Å². The number of halogens is 3. The highest BCUT2D eigenvalue weighted by molar-refractivity contribution is 5.99. The summed E-state index contributed by atoms with van der Waals surface area (Å²) in [5.74, 6) is -1.48. The first-order chi connectivity index (χ1) is 19.9. The lowest BCUT2D eigenvalue weighted by Gasteiger charge is -2.34. The minimum Gasteiger partial charge on any atom is -0.406 e. The number of hydrogen-bond acceptors (Lipinski definition) is 8. The molecule has 0 bridgehead atoms. The second kappa shape index (κ2) is 14.9. The van der Waals surface area contributed by atoms with Crippen LogP contribution >= 0.6 is 0 Å². The molecule has 0 spiro atoms. The zero-order valence-electron chi connectivity index (χ0n) is 23.4. The van der Waals surface area contributed by atoms with Gasteiger partial charge in [0.05, 0.1) is 50.1 Å². The number of hydrogen-bond donors (Lipinski definition) is 5. The average Bonchev–Trinajstić information content (AvgIpc) is 2.93. The number of likely N-dealkylation sites (N-methyl/N-ethyl adjacent to an activating group) is 1. The summed E-state index contributed by atoms with van der Waals surface area (Å²) in [5.41, 5.74) is 19.2. The minimum absolute atomic E-state index is 0.0128. The number of alkyl halides is 3. The lowest BCUT2D eigenvalue weighted by molar-refractivity contribution is -0.907. The maximum Gasteiger partial charge on any atom is 0.573 e. The van der Waals surface area contributed by atoms with Crippen LogP contribution in [-0.4, -0.2) is 84.5 Å². The Morgan fingerprint density at radius 2 is 1.71 bits per heavy atom. The molecule has 0 aliphatic heterocycles. The molecule has 2 heterocycles. The number of carbonyl (C=O) groups excluding carboxylic acids is 2. The quantitative estimate of drug-likeness (QED) is 0.166. The molecular formula is C28H38F3N8O3+. The van der Waals surface area contributed by atoms with Crippen LogP contribution in [0.25, 0.3) is 10.9 Å². The Morgan fingerprint density at radius 1 is 1.02 bits per heavy atom. The van der Waals surface area contributed by atoms with Gasteiger partial charge in [-0.1, -0.05) is 12.1 Å². The summed E-state index contributed by atoms with van der Waals surface area (Å²) in [6.45, 7) is 3.23. The van der Waals surface area contributed by atoms with Gasteiger partial charge in [0.15, 0.2) is 0 Å². The van der Waals surface area contributed by atoms with E-state index in [-0.39, 0.29) is 6.42 Å². The van der Waals surface area contributed by atoms with E-state index in [1.165, 1.54) is 18.3 Å². The normalized spacial score (nSPS) is 13.4.